The highest BCUT2D eigenvalue weighted by molar-refractivity contribution is 5.77. The van der Waals surface area contributed by atoms with Crippen LogP contribution in [0.1, 0.15) is 0 Å². The van der Waals surface area contributed by atoms with Gasteiger partial charge in [-0.15, -0.1) is 0 Å². The number of rotatable bonds is 2. The number of aromatic hydroxyl groups is 1. The minimum atomic E-state index is -1.32. The molecule has 1 aromatic heterocycles. The molecule has 1 aromatic carbocycles. The molecular formula is C10H7NO6. The summed E-state index contributed by atoms with van der Waals surface area (Å²) in [5, 5.41) is 17.7. The molecule has 0 saturated carbocycles. The minimum absolute atomic E-state index is 0.0312. The van der Waals surface area contributed by atoms with Crippen LogP contribution in [0.25, 0.3) is 11.0 Å². The van der Waals surface area contributed by atoms with Crippen molar-refractivity contribution in [1.82, 2.24) is 4.57 Å². The molecular weight excluding hydrogens is 230 g/mol. The maximum absolute atomic E-state index is 11.8. The summed E-state index contributed by atoms with van der Waals surface area (Å²) in [4.78, 5) is 33.6. The van der Waals surface area contributed by atoms with Crippen molar-refractivity contribution in [2.45, 2.75) is 6.54 Å². The first-order valence-corrected chi connectivity index (χ1v) is 4.57. The molecule has 2 aromatic rings. The number of benzene rings is 1. The maximum atomic E-state index is 11.8. The lowest BCUT2D eigenvalue weighted by atomic mass is 10.2. The standard InChI is InChI=1S/C10H7NO6/c12-5-1-2-6-7(3-5)17-10(16)11(9(6)15)4-8(13)14/h1-3,12H,4H2,(H,13,14). The number of nitrogens with zero attached hydrogens (tertiary/aromatic N) is 1. The fourth-order valence-corrected chi connectivity index (χ4v) is 1.42. The third kappa shape index (κ3) is 1.89. The molecule has 0 saturated heterocycles. The van der Waals surface area contributed by atoms with Crippen LogP contribution in [0.3, 0.4) is 0 Å². The zero-order valence-electron chi connectivity index (χ0n) is 8.41. The van der Waals surface area contributed by atoms with E-state index in [4.69, 9.17) is 14.6 Å². The lowest BCUT2D eigenvalue weighted by Crippen LogP contribution is -2.34. The van der Waals surface area contributed by atoms with E-state index in [1.165, 1.54) is 12.1 Å². The van der Waals surface area contributed by atoms with Crippen LogP contribution < -0.4 is 11.3 Å². The van der Waals surface area contributed by atoms with Crippen LogP contribution in [-0.2, 0) is 11.3 Å². The Morgan fingerprint density at radius 2 is 2.06 bits per heavy atom. The van der Waals surface area contributed by atoms with E-state index in [0.29, 0.717) is 4.57 Å². The van der Waals surface area contributed by atoms with Crippen molar-refractivity contribution in [3.8, 4) is 5.75 Å². The fraction of sp³-hybridized carbons (Fsp3) is 0.100. The summed E-state index contributed by atoms with van der Waals surface area (Å²) >= 11 is 0. The van der Waals surface area contributed by atoms with E-state index >= 15 is 0 Å². The van der Waals surface area contributed by atoms with Gasteiger partial charge in [-0.3, -0.25) is 9.59 Å². The Morgan fingerprint density at radius 3 is 2.71 bits per heavy atom. The number of carbonyl (C=O) groups is 1. The van der Waals surface area contributed by atoms with Gasteiger partial charge in [-0.2, -0.15) is 0 Å². The zero-order valence-corrected chi connectivity index (χ0v) is 8.41. The Labute approximate surface area is 93.2 Å². The van der Waals surface area contributed by atoms with E-state index in [9.17, 15) is 14.4 Å². The van der Waals surface area contributed by atoms with Gasteiger partial charge in [-0.1, -0.05) is 0 Å². The summed E-state index contributed by atoms with van der Waals surface area (Å²) in [6.45, 7) is -0.766. The molecule has 0 bridgehead atoms. The first kappa shape index (κ1) is 10.9. The van der Waals surface area contributed by atoms with Gasteiger partial charge in [0.1, 0.15) is 17.9 Å². The van der Waals surface area contributed by atoms with Gasteiger partial charge in [0.05, 0.1) is 5.39 Å². The van der Waals surface area contributed by atoms with Crippen molar-refractivity contribution in [2.75, 3.05) is 0 Å². The number of hydrogen-bond donors (Lipinski definition) is 2. The van der Waals surface area contributed by atoms with Crippen molar-refractivity contribution in [2.24, 2.45) is 0 Å². The first-order chi connectivity index (χ1) is 7.99. The molecule has 2 N–H and O–H groups in total. The number of phenolic OH excluding ortho intramolecular Hbond substituents is 1. The molecule has 0 aliphatic rings. The summed E-state index contributed by atoms with van der Waals surface area (Å²) < 4.78 is 5.21. The zero-order chi connectivity index (χ0) is 12.6. The van der Waals surface area contributed by atoms with Crippen LogP contribution in [0.15, 0.2) is 32.2 Å². The monoisotopic (exact) mass is 237 g/mol. The van der Waals surface area contributed by atoms with Gasteiger partial charge >= 0.3 is 11.7 Å². The Hall–Kier alpha value is -2.57. The molecule has 0 aliphatic heterocycles. The quantitative estimate of drug-likeness (QED) is 0.744. The molecule has 0 spiro atoms. The van der Waals surface area contributed by atoms with Crippen molar-refractivity contribution in [3.63, 3.8) is 0 Å². The van der Waals surface area contributed by atoms with Crippen molar-refractivity contribution >= 4 is 16.9 Å². The van der Waals surface area contributed by atoms with Gasteiger partial charge in [0.25, 0.3) is 5.56 Å². The van der Waals surface area contributed by atoms with Gasteiger partial charge in [0, 0.05) is 6.07 Å². The number of phenols is 1. The number of carboxylic acids is 1. The first-order valence-electron chi connectivity index (χ1n) is 4.57. The second-order valence-corrected chi connectivity index (χ2v) is 3.33. The second-order valence-electron chi connectivity index (χ2n) is 3.33. The number of carboxylic acid groups (broad SMARTS) is 1. The van der Waals surface area contributed by atoms with Crippen LogP contribution >= 0.6 is 0 Å². The van der Waals surface area contributed by atoms with E-state index in [1.54, 1.807) is 0 Å². The summed E-state index contributed by atoms with van der Waals surface area (Å²) in [6.07, 6.45) is 0. The van der Waals surface area contributed by atoms with Crippen molar-refractivity contribution in [1.29, 1.82) is 0 Å². The van der Waals surface area contributed by atoms with E-state index in [0.717, 1.165) is 6.07 Å². The highest BCUT2D eigenvalue weighted by Gasteiger charge is 2.12. The lowest BCUT2D eigenvalue weighted by molar-refractivity contribution is -0.137. The minimum Gasteiger partial charge on any atom is -0.508 e. The predicted molar refractivity (Wildman–Crippen MR) is 56.0 cm³/mol. The number of aliphatic carboxylic acids is 1. The summed E-state index contributed by atoms with van der Waals surface area (Å²) in [6, 6.07) is 3.62. The summed E-state index contributed by atoms with van der Waals surface area (Å²) in [5.74, 6) is -2.55. The molecule has 0 amide bonds. The Morgan fingerprint density at radius 1 is 1.35 bits per heavy atom. The third-order valence-electron chi connectivity index (χ3n) is 2.15. The van der Waals surface area contributed by atoms with E-state index in [1.807, 2.05) is 0 Å². The van der Waals surface area contributed by atoms with E-state index in [2.05, 4.69) is 0 Å². The highest BCUT2D eigenvalue weighted by atomic mass is 16.4. The predicted octanol–water partition coefficient (Wildman–Crippen LogP) is -0.255. The van der Waals surface area contributed by atoms with Gasteiger partial charge in [-0.25, -0.2) is 9.36 Å². The maximum Gasteiger partial charge on any atom is 0.422 e. The van der Waals surface area contributed by atoms with Gasteiger partial charge in [-0.05, 0) is 12.1 Å². The Bertz CT molecular complexity index is 711. The molecule has 1 heterocycles. The Balaban J connectivity index is 2.81. The molecule has 0 unspecified atom stereocenters. The fourth-order valence-electron chi connectivity index (χ4n) is 1.42. The summed E-state index contributed by atoms with van der Waals surface area (Å²) in [5.41, 5.74) is -0.847. The summed E-state index contributed by atoms with van der Waals surface area (Å²) in [7, 11) is 0. The molecule has 7 nitrogen and oxygen atoms in total. The van der Waals surface area contributed by atoms with Crippen LogP contribution in [0, 0.1) is 0 Å². The van der Waals surface area contributed by atoms with Crippen molar-refractivity contribution in [3.05, 3.63) is 39.1 Å². The SMILES string of the molecule is O=C(O)Cn1c(=O)oc2cc(O)ccc2c1=O. The average molecular weight is 237 g/mol. The Kier molecular flexibility index (Phi) is 2.43. The van der Waals surface area contributed by atoms with Gasteiger partial charge < -0.3 is 14.6 Å². The van der Waals surface area contributed by atoms with Gasteiger partial charge in [0.2, 0.25) is 0 Å². The normalized spacial score (nSPS) is 10.6. The lowest BCUT2D eigenvalue weighted by Gasteiger charge is -2.02. The third-order valence-corrected chi connectivity index (χ3v) is 2.15. The number of aromatic nitrogens is 1. The molecule has 7 heteroatoms. The number of hydrogen-bond acceptors (Lipinski definition) is 5. The molecule has 0 fully saturated rings. The second kappa shape index (κ2) is 3.78. The molecule has 0 aliphatic carbocycles. The largest absolute Gasteiger partial charge is 0.508 e. The van der Waals surface area contributed by atoms with Crippen LogP contribution in [0.4, 0.5) is 0 Å². The molecule has 17 heavy (non-hydrogen) atoms. The van der Waals surface area contributed by atoms with E-state index < -0.39 is 23.8 Å². The number of fused-ring (bicyclic) bond motifs is 1. The van der Waals surface area contributed by atoms with Crippen LogP contribution in [0.5, 0.6) is 5.75 Å². The molecule has 88 valence electrons. The van der Waals surface area contributed by atoms with Gasteiger partial charge in [0.15, 0.2) is 0 Å². The van der Waals surface area contributed by atoms with E-state index in [-0.39, 0.29) is 16.7 Å². The van der Waals surface area contributed by atoms with Crippen LogP contribution in [0.2, 0.25) is 0 Å². The molecule has 0 radical (unpaired) electrons. The van der Waals surface area contributed by atoms with Crippen LogP contribution in [-0.4, -0.2) is 20.7 Å². The molecule has 0 atom stereocenters. The smallest absolute Gasteiger partial charge is 0.422 e. The topological polar surface area (TPSA) is 110 Å². The highest BCUT2D eigenvalue weighted by Crippen LogP contribution is 2.15. The molecule has 2 rings (SSSR count). The average Bonchev–Trinajstić information content (AvgIpc) is 2.23. The van der Waals surface area contributed by atoms with Crippen molar-refractivity contribution < 1.29 is 19.4 Å².